The average Bonchev–Trinajstić information content (AvgIpc) is 2.78. The molecule has 0 aliphatic carbocycles. The lowest BCUT2D eigenvalue weighted by Crippen LogP contribution is -2.41. The Kier molecular flexibility index (Phi) is 7.71. The highest BCUT2D eigenvalue weighted by Gasteiger charge is 2.25. The van der Waals surface area contributed by atoms with Crippen LogP contribution < -0.4 is 4.74 Å². The average molecular weight is 431 g/mol. The van der Waals surface area contributed by atoms with Crippen LogP contribution in [0.5, 0.6) is 5.75 Å². The van der Waals surface area contributed by atoms with Crippen LogP contribution in [0.2, 0.25) is 5.02 Å². The summed E-state index contributed by atoms with van der Waals surface area (Å²) in [5, 5.41) is 0.678. The van der Waals surface area contributed by atoms with Crippen molar-refractivity contribution in [1.29, 1.82) is 0 Å². The molecule has 0 atom stereocenters. The van der Waals surface area contributed by atoms with Gasteiger partial charge in [-0.05, 0) is 48.5 Å². The number of amides is 2. The standard InChI is InChI=1S/C23H27ClN2O4/c1-25(15-16-29-2)22(27)17-3-5-18(6-4-17)23(28)26-13-11-21(12-14-26)30-20-9-7-19(24)8-10-20/h3-10,21H,11-16H2,1-2H3. The molecule has 0 radical (unpaired) electrons. The van der Waals surface area contributed by atoms with Crippen molar-refractivity contribution < 1.29 is 19.1 Å². The molecule has 0 saturated carbocycles. The predicted octanol–water partition coefficient (Wildman–Crippen LogP) is 3.74. The third-order valence-corrected chi connectivity index (χ3v) is 5.45. The summed E-state index contributed by atoms with van der Waals surface area (Å²) in [6.07, 6.45) is 1.63. The zero-order valence-corrected chi connectivity index (χ0v) is 18.1. The van der Waals surface area contributed by atoms with Crippen LogP contribution in [0.1, 0.15) is 33.6 Å². The van der Waals surface area contributed by atoms with Gasteiger partial charge in [0.1, 0.15) is 11.9 Å². The van der Waals surface area contributed by atoms with Crippen LogP contribution in [0.15, 0.2) is 48.5 Å². The van der Waals surface area contributed by atoms with Gasteiger partial charge in [0.2, 0.25) is 0 Å². The Bertz CT molecular complexity index is 847. The number of likely N-dealkylation sites (N-methyl/N-ethyl adjacent to an activating group) is 1. The Balaban J connectivity index is 1.52. The molecular formula is C23H27ClN2O4. The zero-order chi connectivity index (χ0) is 21.5. The van der Waals surface area contributed by atoms with E-state index in [-0.39, 0.29) is 17.9 Å². The topological polar surface area (TPSA) is 59.1 Å². The van der Waals surface area contributed by atoms with Gasteiger partial charge < -0.3 is 19.3 Å². The lowest BCUT2D eigenvalue weighted by molar-refractivity contribution is 0.0594. The minimum Gasteiger partial charge on any atom is -0.490 e. The molecule has 7 heteroatoms. The number of methoxy groups -OCH3 is 1. The molecule has 3 rings (SSSR count). The molecule has 1 aliphatic rings. The number of ether oxygens (including phenoxy) is 2. The first-order valence-electron chi connectivity index (χ1n) is 10.0. The molecule has 0 spiro atoms. The Labute approximate surface area is 182 Å². The summed E-state index contributed by atoms with van der Waals surface area (Å²) in [6, 6.07) is 14.2. The SMILES string of the molecule is COCCN(C)C(=O)c1ccc(C(=O)N2CCC(Oc3ccc(Cl)cc3)CC2)cc1. The quantitative estimate of drug-likeness (QED) is 0.671. The van der Waals surface area contributed by atoms with E-state index < -0.39 is 0 Å². The maximum atomic E-state index is 12.8. The summed E-state index contributed by atoms with van der Waals surface area (Å²) in [7, 11) is 3.34. The number of rotatable bonds is 7. The molecule has 2 amide bonds. The van der Waals surface area contributed by atoms with Crippen LogP contribution in [0.3, 0.4) is 0 Å². The van der Waals surface area contributed by atoms with Crippen LogP contribution in [-0.4, -0.2) is 68.1 Å². The lowest BCUT2D eigenvalue weighted by Gasteiger charge is -2.32. The van der Waals surface area contributed by atoms with Crippen LogP contribution >= 0.6 is 11.6 Å². The maximum Gasteiger partial charge on any atom is 0.253 e. The lowest BCUT2D eigenvalue weighted by atomic mass is 10.0. The minimum absolute atomic E-state index is 0.0216. The summed E-state index contributed by atoms with van der Waals surface area (Å²) in [5.74, 6) is 0.679. The van der Waals surface area contributed by atoms with Crippen molar-refractivity contribution in [2.75, 3.05) is 40.4 Å². The van der Waals surface area contributed by atoms with E-state index in [4.69, 9.17) is 21.1 Å². The number of hydrogen-bond acceptors (Lipinski definition) is 4. The van der Waals surface area contributed by atoms with Gasteiger partial charge in [-0.1, -0.05) is 11.6 Å². The second-order valence-corrected chi connectivity index (χ2v) is 7.80. The summed E-state index contributed by atoms with van der Waals surface area (Å²) in [4.78, 5) is 28.6. The van der Waals surface area contributed by atoms with Crippen molar-refractivity contribution in [1.82, 2.24) is 9.80 Å². The van der Waals surface area contributed by atoms with E-state index in [9.17, 15) is 9.59 Å². The number of nitrogens with zero attached hydrogens (tertiary/aromatic N) is 2. The van der Waals surface area contributed by atoms with Crippen molar-refractivity contribution in [2.45, 2.75) is 18.9 Å². The molecule has 1 aliphatic heterocycles. The van der Waals surface area contributed by atoms with E-state index in [2.05, 4.69) is 0 Å². The Morgan fingerprint density at radius 3 is 2.23 bits per heavy atom. The summed E-state index contributed by atoms with van der Waals surface area (Å²) in [5.41, 5.74) is 1.14. The van der Waals surface area contributed by atoms with Crippen LogP contribution in [-0.2, 0) is 4.74 Å². The van der Waals surface area contributed by atoms with Crippen molar-refractivity contribution in [2.24, 2.45) is 0 Å². The van der Waals surface area contributed by atoms with Gasteiger partial charge in [0.15, 0.2) is 0 Å². The molecule has 1 heterocycles. The number of likely N-dealkylation sites (tertiary alicyclic amines) is 1. The number of benzene rings is 2. The van der Waals surface area contributed by atoms with E-state index in [1.54, 1.807) is 55.5 Å². The molecule has 6 nitrogen and oxygen atoms in total. The third kappa shape index (κ3) is 5.74. The summed E-state index contributed by atoms with van der Waals surface area (Å²) >= 11 is 5.90. The second kappa shape index (κ2) is 10.5. The van der Waals surface area contributed by atoms with E-state index in [0.29, 0.717) is 42.4 Å². The fourth-order valence-corrected chi connectivity index (χ4v) is 3.50. The number of halogens is 1. The van der Waals surface area contributed by atoms with Crippen LogP contribution in [0.25, 0.3) is 0 Å². The monoisotopic (exact) mass is 430 g/mol. The fraction of sp³-hybridized carbons (Fsp3) is 0.391. The molecule has 1 saturated heterocycles. The molecule has 0 unspecified atom stereocenters. The number of carbonyl (C=O) groups excluding carboxylic acids is 2. The van der Waals surface area contributed by atoms with Gasteiger partial charge in [0.25, 0.3) is 11.8 Å². The molecule has 160 valence electrons. The van der Waals surface area contributed by atoms with Gasteiger partial charge in [0, 0.05) is 62.8 Å². The number of hydrogen-bond donors (Lipinski definition) is 0. The molecular weight excluding hydrogens is 404 g/mol. The van der Waals surface area contributed by atoms with Crippen molar-refractivity contribution in [3.05, 3.63) is 64.7 Å². The molecule has 0 N–H and O–H groups in total. The zero-order valence-electron chi connectivity index (χ0n) is 17.3. The van der Waals surface area contributed by atoms with E-state index >= 15 is 0 Å². The predicted molar refractivity (Wildman–Crippen MR) is 116 cm³/mol. The van der Waals surface area contributed by atoms with Gasteiger partial charge >= 0.3 is 0 Å². The molecule has 0 bridgehead atoms. The molecule has 30 heavy (non-hydrogen) atoms. The van der Waals surface area contributed by atoms with E-state index in [1.165, 1.54) is 0 Å². The first kappa shape index (κ1) is 22.1. The Hall–Kier alpha value is -2.57. The van der Waals surface area contributed by atoms with Gasteiger partial charge in [-0.25, -0.2) is 0 Å². The normalized spacial score (nSPS) is 14.4. The van der Waals surface area contributed by atoms with Crippen LogP contribution in [0, 0.1) is 0 Å². The maximum absolute atomic E-state index is 12.8. The van der Waals surface area contributed by atoms with Gasteiger partial charge in [0.05, 0.1) is 6.61 Å². The van der Waals surface area contributed by atoms with Gasteiger partial charge in [-0.15, -0.1) is 0 Å². The molecule has 1 fully saturated rings. The molecule has 0 aromatic heterocycles. The highest BCUT2D eigenvalue weighted by atomic mass is 35.5. The number of carbonyl (C=O) groups is 2. The van der Waals surface area contributed by atoms with E-state index in [1.807, 2.05) is 17.0 Å². The van der Waals surface area contributed by atoms with E-state index in [0.717, 1.165) is 18.6 Å². The molecule has 2 aromatic rings. The third-order valence-electron chi connectivity index (χ3n) is 5.20. The summed E-state index contributed by atoms with van der Waals surface area (Å²) in [6.45, 7) is 2.27. The highest BCUT2D eigenvalue weighted by Crippen LogP contribution is 2.22. The Morgan fingerprint density at radius 2 is 1.63 bits per heavy atom. The highest BCUT2D eigenvalue weighted by molar-refractivity contribution is 6.30. The van der Waals surface area contributed by atoms with Crippen molar-refractivity contribution >= 4 is 23.4 Å². The van der Waals surface area contributed by atoms with Crippen molar-refractivity contribution in [3.63, 3.8) is 0 Å². The van der Waals surface area contributed by atoms with Crippen molar-refractivity contribution in [3.8, 4) is 5.75 Å². The summed E-state index contributed by atoms with van der Waals surface area (Å²) < 4.78 is 11.0. The smallest absolute Gasteiger partial charge is 0.253 e. The largest absolute Gasteiger partial charge is 0.490 e. The van der Waals surface area contributed by atoms with Gasteiger partial charge in [-0.3, -0.25) is 9.59 Å². The van der Waals surface area contributed by atoms with Crippen LogP contribution in [0.4, 0.5) is 0 Å². The van der Waals surface area contributed by atoms with Gasteiger partial charge in [-0.2, -0.15) is 0 Å². The molecule has 2 aromatic carbocycles. The number of piperidine rings is 1. The Morgan fingerprint density at radius 1 is 1.03 bits per heavy atom. The first-order chi connectivity index (χ1) is 14.5. The second-order valence-electron chi connectivity index (χ2n) is 7.36. The first-order valence-corrected chi connectivity index (χ1v) is 10.4. The minimum atomic E-state index is -0.0915. The fourth-order valence-electron chi connectivity index (χ4n) is 3.37.